The highest BCUT2D eigenvalue weighted by molar-refractivity contribution is 7.99. The number of amides is 1. The number of anilines is 1. The summed E-state index contributed by atoms with van der Waals surface area (Å²) >= 11 is 2.77. The highest BCUT2D eigenvalue weighted by atomic mass is 32.2. The number of nitrogens with zero attached hydrogens (tertiary/aromatic N) is 3. The van der Waals surface area contributed by atoms with Gasteiger partial charge in [0.05, 0.1) is 45.2 Å². The van der Waals surface area contributed by atoms with Gasteiger partial charge in [-0.1, -0.05) is 74.5 Å². The molecule has 5 aromatic rings. The maximum atomic E-state index is 14.0. The van der Waals surface area contributed by atoms with Crippen molar-refractivity contribution in [3.8, 4) is 0 Å². The highest BCUT2D eigenvalue weighted by Gasteiger charge is 2.32. The second-order valence-corrected chi connectivity index (χ2v) is 15.3. The number of sulfonamides is 1. The molecule has 2 aromatic heterocycles. The summed E-state index contributed by atoms with van der Waals surface area (Å²) in [7, 11) is -3.92. The standard InChI is InChI=1S/C35H38N4O4S3/c1-25(2)16-18-39(46(42,43)29-13-14-31-34(19-29)45-24-37-31)28(22-40)23-44-33-15-17-36-21-32(33)38-35(41)20-30(26-9-5-3-6-10-26)27-11-7-4-8-12-27/h3-15,17,19,21,24-25,28,30,40H,16,18,20,22-23H2,1-2H3,(H,38,41). The van der Waals surface area contributed by atoms with E-state index >= 15 is 0 Å². The fraction of sp³-hybridized carbons (Fsp3) is 0.286. The molecule has 0 saturated heterocycles. The topological polar surface area (TPSA) is 112 Å². The van der Waals surface area contributed by atoms with Gasteiger partial charge in [0.2, 0.25) is 15.9 Å². The van der Waals surface area contributed by atoms with Crippen LogP contribution < -0.4 is 5.32 Å². The number of thiazole rings is 1. The Morgan fingerprint density at radius 1 is 1.00 bits per heavy atom. The smallest absolute Gasteiger partial charge is 0.243 e. The third kappa shape index (κ3) is 8.40. The molecule has 11 heteroatoms. The molecular formula is C35H38N4O4S3. The van der Waals surface area contributed by atoms with Gasteiger partial charge in [0.25, 0.3) is 0 Å². The third-order valence-corrected chi connectivity index (χ3v) is 11.7. The van der Waals surface area contributed by atoms with Crippen LogP contribution in [0.1, 0.15) is 43.7 Å². The van der Waals surface area contributed by atoms with Crippen molar-refractivity contribution in [3.63, 3.8) is 0 Å². The van der Waals surface area contributed by atoms with Gasteiger partial charge in [-0.25, -0.2) is 13.4 Å². The summed E-state index contributed by atoms with van der Waals surface area (Å²) in [4.78, 5) is 22.9. The summed E-state index contributed by atoms with van der Waals surface area (Å²) in [5.41, 5.74) is 5.08. The molecule has 2 heterocycles. The zero-order valence-corrected chi connectivity index (χ0v) is 28.3. The Morgan fingerprint density at radius 3 is 2.35 bits per heavy atom. The van der Waals surface area contributed by atoms with E-state index < -0.39 is 16.1 Å². The second-order valence-electron chi connectivity index (χ2n) is 11.4. The zero-order valence-electron chi connectivity index (χ0n) is 25.8. The van der Waals surface area contributed by atoms with Crippen molar-refractivity contribution in [1.82, 2.24) is 14.3 Å². The number of pyridine rings is 1. The predicted molar refractivity (Wildman–Crippen MR) is 187 cm³/mol. The van der Waals surface area contributed by atoms with Crippen molar-refractivity contribution >= 4 is 54.9 Å². The summed E-state index contributed by atoms with van der Waals surface area (Å²) in [6, 6.07) is 26.0. The minimum absolute atomic E-state index is 0.127. The zero-order chi connectivity index (χ0) is 32.5. The molecule has 0 aliphatic carbocycles. The normalized spacial score (nSPS) is 12.7. The fourth-order valence-corrected chi connectivity index (χ4v) is 8.83. The number of benzene rings is 3. The molecule has 0 aliphatic heterocycles. The number of carbonyl (C=O) groups is 1. The first kappa shape index (κ1) is 33.7. The Balaban J connectivity index is 1.33. The maximum absolute atomic E-state index is 14.0. The van der Waals surface area contributed by atoms with Crippen LogP contribution in [0, 0.1) is 5.92 Å². The average Bonchev–Trinajstić information content (AvgIpc) is 3.55. The molecule has 0 radical (unpaired) electrons. The molecule has 1 amide bonds. The number of hydrogen-bond donors (Lipinski definition) is 2. The van der Waals surface area contributed by atoms with Gasteiger partial charge in [-0.05, 0) is 47.7 Å². The molecule has 0 spiro atoms. The van der Waals surface area contributed by atoms with Crippen molar-refractivity contribution in [2.45, 2.75) is 48.4 Å². The molecule has 240 valence electrons. The monoisotopic (exact) mass is 674 g/mol. The van der Waals surface area contributed by atoms with Crippen LogP contribution in [-0.2, 0) is 14.8 Å². The molecule has 5 rings (SSSR count). The molecule has 46 heavy (non-hydrogen) atoms. The lowest BCUT2D eigenvalue weighted by Gasteiger charge is -2.30. The van der Waals surface area contributed by atoms with Crippen molar-refractivity contribution in [3.05, 3.63) is 114 Å². The van der Waals surface area contributed by atoms with Gasteiger partial charge in [0, 0.05) is 35.7 Å². The molecule has 0 aliphatic rings. The second kappa shape index (κ2) is 15.8. The van der Waals surface area contributed by atoms with Gasteiger partial charge in [-0.2, -0.15) is 4.31 Å². The predicted octanol–water partition coefficient (Wildman–Crippen LogP) is 7.04. The largest absolute Gasteiger partial charge is 0.395 e. The first-order valence-corrected chi connectivity index (χ1v) is 18.5. The Labute approximate surface area is 279 Å². The molecular weight excluding hydrogens is 637 g/mol. The number of aliphatic hydroxyl groups is 1. The summed E-state index contributed by atoms with van der Waals surface area (Å²) in [5.74, 6) is 0.259. The van der Waals surface area contributed by atoms with Crippen LogP contribution in [0.5, 0.6) is 0 Å². The fourth-order valence-electron chi connectivity index (χ4n) is 5.22. The van der Waals surface area contributed by atoms with Crippen molar-refractivity contribution in [2.24, 2.45) is 5.92 Å². The van der Waals surface area contributed by atoms with Crippen molar-refractivity contribution in [2.75, 3.05) is 24.2 Å². The number of thioether (sulfide) groups is 1. The molecule has 3 aromatic carbocycles. The van der Waals surface area contributed by atoms with E-state index in [0.29, 0.717) is 12.1 Å². The van der Waals surface area contributed by atoms with E-state index in [-0.39, 0.29) is 48.0 Å². The highest BCUT2D eigenvalue weighted by Crippen LogP contribution is 2.32. The number of aromatic nitrogens is 2. The van der Waals surface area contributed by atoms with Crippen molar-refractivity contribution < 1.29 is 18.3 Å². The van der Waals surface area contributed by atoms with Crippen LogP contribution in [0.25, 0.3) is 10.2 Å². The molecule has 0 saturated carbocycles. The van der Waals surface area contributed by atoms with Gasteiger partial charge in [0.1, 0.15) is 0 Å². The van der Waals surface area contributed by atoms with E-state index in [0.717, 1.165) is 26.2 Å². The van der Waals surface area contributed by atoms with Gasteiger partial charge < -0.3 is 10.4 Å². The quantitative estimate of drug-likeness (QED) is 0.115. The van der Waals surface area contributed by atoms with E-state index in [9.17, 15) is 18.3 Å². The number of hydrogen-bond acceptors (Lipinski definition) is 8. The van der Waals surface area contributed by atoms with Gasteiger partial charge >= 0.3 is 0 Å². The van der Waals surface area contributed by atoms with E-state index in [2.05, 4.69) is 15.3 Å². The van der Waals surface area contributed by atoms with Crippen LogP contribution in [0.2, 0.25) is 0 Å². The Kier molecular flexibility index (Phi) is 11.6. The third-order valence-electron chi connectivity index (χ3n) is 7.73. The summed E-state index contributed by atoms with van der Waals surface area (Å²) in [6.45, 7) is 4.01. The minimum Gasteiger partial charge on any atom is -0.395 e. The SMILES string of the molecule is CC(C)CCN(C(CO)CSc1ccncc1NC(=O)CC(c1ccccc1)c1ccccc1)S(=O)(=O)c1ccc2ncsc2c1. The van der Waals surface area contributed by atoms with Gasteiger partial charge in [0.15, 0.2) is 0 Å². The average molecular weight is 675 g/mol. The summed E-state index contributed by atoms with van der Waals surface area (Å²) in [5, 5.41) is 13.6. The number of nitrogens with one attached hydrogen (secondary N) is 1. The van der Waals surface area contributed by atoms with E-state index in [4.69, 9.17) is 0 Å². The number of rotatable bonds is 15. The van der Waals surface area contributed by atoms with Crippen LogP contribution in [-0.4, -0.2) is 58.7 Å². The summed E-state index contributed by atoms with van der Waals surface area (Å²) in [6.07, 6.45) is 4.12. The molecule has 1 atom stereocenters. The Hall–Kier alpha value is -3.61. The van der Waals surface area contributed by atoms with Crippen LogP contribution in [0.15, 0.2) is 113 Å². The molecule has 1 unspecified atom stereocenters. The van der Waals surface area contributed by atoms with Gasteiger partial charge in [-0.3, -0.25) is 9.78 Å². The Morgan fingerprint density at radius 2 is 1.70 bits per heavy atom. The van der Waals surface area contributed by atoms with Gasteiger partial charge in [-0.15, -0.1) is 23.1 Å². The first-order valence-electron chi connectivity index (χ1n) is 15.2. The Bertz CT molecular complexity index is 1790. The lowest BCUT2D eigenvalue weighted by atomic mass is 9.88. The molecule has 2 N–H and O–H groups in total. The molecule has 0 bridgehead atoms. The van der Waals surface area contributed by atoms with Crippen LogP contribution in [0.3, 0.4) is 0 Å². The van der Waals surface area contributed by atoms with E-state index in [1.165, 1.54) is 27.4 Å². The lowest BCUT2D eigenvalue weighted by molar-refractivity contribution is -0.116. The van der Waals surface area contributed by atoms with Crippen molar-refractivity contribution in [1.29, 1.82) is 0 Å². The molecule has 8 nitrogen and oxygen atoms in total. The lowest BCUT2D eigenvalue weighted by Crippen LogP contribution is -2.44. The van der Waals surface area contributed by atoms with Crippen LogP contribution >= 0.6 is 23.1 Å². The summed E-state index contributed by atoms with van der Waals surface area (Å²) < 4.78 is 30.2. The minimum atomic E-state index is -3.92. The first-order chi connectivity index (χ1) is 22.3. The van der Waals surface area contributed by atoms with E-state index in [1.807, 2.05) is 74.5 Å². The number of carbonyl (C=O) groups excluding carboxylic acids is 1. The number of fused-ring (bicyclic) bond motifs is 1. The van der Waals surface area contributed by atoms with E-state index in [1.54, 1.807) is 42.2 Å². The molecule has 0 fully saturated rings. The maximum Gasteiger partial charge on any atom is 0.243 e. The number of aliphatic hydroxyl groups excluding tert-OH is 1. The van der Waals surface area contributed by atoms with Crippen LogP contribution in [0.4, 0.5) is 5.69 Å².